The molecule has 0 aromatic carbocycles. The minimum absolute atomic E-state index is 0.236. The quantitative estimate of drug-likeness (QED) is 0.905. The van der Waals surface area contributed by atoms with Gasteiger partial charge in [-0.15, -0.1) is 0 Å². The minimum Gasteiger partial charge on any atom is -0.464 e. The number of amides is 1. The lowest BCUT2D eigenvalue weighted by Crippen LogP contribution is -2.44. The fourth-order valence-electron chi connectivity index (χ4n) is 2.20. The van der Waals surface area contributed by atoms with E-state index in [0.717, 1.165) is 5.76 Å². The van der Waals surface area contributed by atoms with Crippen LogP contribution in [-0.2, 0) is 9.53 Å². The Labute approximate surface area is 112 Å². The van der Waals surface area contributed by atoms with Crippen LogP contribution in [0.4, 0.5) is 0 Å². The molecule has 0 bridgehead atoms. The van der Waals surface area contributed by atoms with Gasteiger partial charge in [-0.3, -0.25) is 4.79 Å². The molecule has 1 amide bonds. The Morgan fingerprint density at radius 1 is 1.47 bits per heavy atom. The van der Waals surface area contributed by atoms with Gasteiger partial charge in [-0.25, -0.2) is 0 Å². The topological polar surface area (TPSA) is 75.3 Å². The molecule has 0 aliphatic carbocycles. The fourth-order valence-corrected chi connectivity index (χ4v) is 2.20. The molecule has 1 saturated heterocycles. The van der Waals surface area contributed by atoms with Gasteiger partial charge in [0.05, 0.1) is 12.1 Å². The molecule has 5 heteroatoms. The van der Waals surface area contributed by atoms with Gasteiger partial charge in [-0.1, -0.05) is 0 Å². The largest absolute Gasteiger partial charge is 0.464 e. The van der Waals surface area contributed by atoms with E-state index in [9.17, 15) is 10.1 Å². The second-order valence-electron chi connectivity index (χ2n) is 4.95. The van der Waals surface area contributed by atoms with E-state index in [1.807, 2.05) is 26.0 Å². The highest BCUT2D eigenvalue weighted by Crippen LogP contribution is 2.31. The van der Waals surface area contributed by atoms with E-state index in [4.69, 9.17) is 9.15 Å². The summed E-state index contributed by atoms with van der Waals surface area (Å²) in [6, 6.07) is 5.61. The van der Waals surface area contributed by atoms with Gasteiger partial charge in [0.2, 0.25) is 5.91 Å². The van der Waals surface area contributed by atoms with Crippen LogP contribution >= 0.6 is 0 Å². The van der Waals surface area contributed by atoms with Crippen LogP contribution in [-0.4, -0.2) is 19.1 Å². The van der Waals surface area contributed by atoms with Crippen molar-refractivity contribution in [3.8, 4) is 6.07 Å². The van der Waals surface area contributed by atoms with E-state index in [1.54, 1.807) is 0 Å². The van der Waals surface area contributed by atoms with Crippen LogP contribution in [0.25, 0.3) is 0 Å². The van der Waals surface area contributed by atoms with Crippen molar-refractivity contribution in [3.05, 3.63) is 23.7 Å². The summed E-state index contributed by atoms with van der Waals surface area (Å²) in [5.74, 6) is 1.27. The van der Waals surface area contributed by atoms with Crippen molar-refractivity contribution in [3.63, 3.8) is 0 Å². The molecule has 0 saturated carbocycles. The molecule has 19 heavy (non-hydrogen) atoms. The predicted molar refractivity (Wildman–Crippen MR) is 68.1 cm³/mol. The molecule has 1 aromatic heterocycles. The molecule has 1 atom stereocenters. The van der Waals surface area contributed by atoms with E-state index < -0.39 is 5.41 Å². The normalized spacial score (nSPS) is 19.4. The minimum atomic E-state index is -0.964. The lowest BCUT2D eigenvalue weighted by molar-refractivity contribution is -0.133. The SMILES string of the molecule is Cc1ccc(C(C)NC(=O)C2(C#N)CCOCC2)o1. The Bertz CT molecular complexity index is 495. The fraction of sp³-hybridized carbons (Fsp3) is 0.571. The number of nitriles is 1. The molecule has 5 nitrogen and oxygen atoms in total. The molecule has 102 valence electrons. The summed E-state index contributed by atoms with van der Waals surface area (Å²) >= 11 is 0. The van der Waals surface area contributed by atoms with Gasteiger partial charge >= 0.3 is 0 Å². The molecule has 1 unspecified atom stereocenters. The maximum atomic E-state index is 12.3. The van der Waals surface area contributed by atoms with Gasteiger partial charge in [-0.2, -0.15) is 5.26 Å². The average molecular weight is 262 g/mol. The Morgan fingerprint density at radius 2 is 2.16 bits per heavy atom. The first-order valence-electron chi connectivity index (χ1n) is 6.44. The number of aryl methyl sites for hydroxylation is 1. The molecule has 2 rings (SSSR count). The van der Waals surface area contributed by atoms with E-state index in [-0.39, 0.29) is 11.9 Å². The first kappa shape index (κ1) is 13.6. The van der Waals surface area contributed by atoms with Crippen LogP contribution in [0.5, 0.6) is 0 Å². The number of carbonyl (C=O) groups excluding carboxylic acids is 1. The number of hydrogen-bond donors (Lipinski definition) is 1. The smallest absolute Gasteiger partial charge is 0.241 e. The molecule has 0 radical (unpaired) electrons. The number of carbonyl (C=O) groups is 1. The Balaban J connectivity index is 2.05. The van der Waals surface area contributed by atoms with E-state index in [0.29, 0.717) is 31.8 Å². The second-order valence-corrected chi connectivity index (χ2v) is 4.95. The van der Waals surface area contributed by atoms with Gasteiger partial charge in [-0.05, 0) is 38.8 Å². The number of hydrogen-bond acceptors (Lipinski definition) is 4. The lowest BCUT2D eigenvalue weighted by atomic mass is 9.80. The number of ether oxygens (including phenoxy) is 1. The van der Waals surface area contributed by atoms with Crippen LogP contribution in [0.2, 0.25) is 0 Å². The Kier molecular flexibility index (Phi) is 3.91. The van der Waals surface area contributed by atoms with Gasteiger partial charge in [0, 0.05) is 13.2 Å². The number of nitrogens with zero attached hydrogens (tertiary/aromatic N) is 1. The van der Waals surface area contributed by atoms with Crippen molar-refractivity contribution in [1.29, 1.82) is 5.26 Å². The monoisotopic (exact) mass is 262 g/mol. The molecular formula is C14H18N2O3. The molecular weight excluding hydrogens is 244 g/mol. The van der Waals surface area contributed by atoms with Crippen LogP contribution < -0.4 is 5.32 Å². The van der Waals surface area contributed by atoms with Gasteiger partial charge in [0.15, 0.2) is 0 Å². The summed E-state index contributed by atoms with van der Waals surface area (Å²) in [6.45, 7) is 4.61. The summed E-state index contributed by atoms with van der Waals surface area (Å²) in [5, 5.41) is 12.2. The van der Waals surface area contributed by atoms with Crippen molar-refractivity contribution in [2.24, 2.45) is 5.41 Å². The zero-order valence-corrected chi connectivity index (χ0v) is 11.2. The third-order valence-corrected chi connectivity index (χ3v) is 3.53. The van der Waals surface area contributed by atoms with Crippen LogP contribution in [0.15, 0.2) is 16.5 Å². The molecule has 1 fully saturated rings. The van der Waals surface area contributed by atoms with Crippen LogP contribution in [0.3, 0.4) is 0 Å². The first-order chi connectivity index (χ1) is 9.07. The number of nitrogens with one attached hydrogen (secondary N) is 1. The van der Waals surface area contributed by atoms with Crippen molar-refractivity contribution in [2.75, 3.05) is 13.2 Å². The third kappa shape index (κ3) is 2.79. The van der Waals surface area contributed by atoms with Gasteiger partial charge in [0.1, 0.15) is 16.9 Å². The second kappa shape index (κ2) is 5.45. The highest BCUT2D eigenvalue weighted by atomic mass is 16.5. The highest BCUT2D eigenvalue weighted by Gasteiger charge is 2.41. The predicted octanol–water partition coefficient (Wildman–Crippen LogP) is 2.09. The Hall–Kier alpha value is -1.80. The molecule has 1 aliphatic rings. The summed E-state index contributed by atoms with van der Waals surface area (Å²) in [7, 11) is 0. The maximum absolute atomic E-state index is 12.3. The van der Waals surface area contributed by atoms with Crippen LogP contribution in [0, 0.1) is 23.7 Å². The van der Waals surface area contributed by atoms with Crippen molar-refractivity contribution in [2.45, 2.75) is 32.7 Å². The van der Waals surface area contributed by atoms with E-state index in [2.05, 4.69) is 11.4 Å². The summed E-state index contributed by atoms with van der Waals surface area (Å²) in [6.07, 6.45) is 0.887. The third-order valence-electron chi connectivity index (χ3n) is 3.53. The lowest BCUT2D eigenvalue weighted by Gasteiger charge is -2.30. The first-order valence-corrected chi connectivity index (χ1v) is 6.44. The van der Waals surface area contributed by atoms with Crippen molar-refractivity contribution in [1.82, 2.24) is 5.32 Å². The van der Waals surface area contributed by atoms with Crippen LogP contribution in [0.1, 0.15) is 37.3 Å². The zero-order chi connectivity index (χ0) is 13.9. The van der Waals surface area contributed by atoms with Gasteiger partial charge < -0.3 is 14.5 Å². The van der Waals surface area contributed by atoms with Crippen molar-refractivity contribution >= 4 is 5.91 Å². The molecule has 0 spiro atoms. The number of rotatable bonds is 3. The van der Waals surface area contributed by atoms with E-state index in [1.165, 1.54) is 0 Å². The molecule has 1 aromatic rings. The maximum Gasteiger partial charge on any atom is 0.241 e. The highest BCUT2D eigenvalue weighted by molar-refractivity contribution is 5.85. The van der Waals surface area contributed by atoms with Crippen molar-refractivity contribution < 1.29 is 13.9 Å². The summed E-state index contributed by atoms with van der Waals surface area (Å²) < 4.78 is 10.7. The average Bonchev–Trinajstić information content (AvgIpc) is 2.86. The molecule has 1 aliphatic heterocycles. The standard InChI is InChI=1S/C14H18N2O3/c1-10-3-4-12(19-10)11(2)16-13(17)14(9-15)5-7-18-8-6-14/h3-4,11H,5-8H2,1-2H3,(H,16,17). The number of furan rings is 1. The Morgan fingerprint density at radius 3 is 2.68 bits per heavy atom. The van der Waals surface area contributed by atoms with E-state index >= 15 is 0 Å². The van der Waals surface area contributed by atoms with Gasteiger partial charge in [0.25, 0.3) is 0 Å². The zero-order valence-electron chi connectivity index (χ0n) is 11.2. The summed E-state index contributed by atoms with van der Waals surface area (Å²) in [5.41, 5.74) is -0.964. The summed E-state index contributed by atoms with van der Waals surface area (Å²) in [4.78, 5) is 12.3. The molecule has 2 heterocycles. The molecule has 1 N–H and O–H groups in total.